The largest absolute Gasteiger partial charge is 0.289 e. The molecule has 2 aliphatic carbocycles. The minimum Gasteiger partial charge on any atom is -0.289 e. The fourth-order valence-corrected chi connectivity index (χ4v) is 2.27. The van der Waals surface area contributed by atoms with E-state index in [0.29, 0.717) is 11.1 Å². The molecule has 8 nitrogen and oxygen atoms in total. The van der Waals surface area contributed by atoms with E-state index in [4.69, 9.17) is 11.7 Å². The molecule has 27 heavy (non-hydrogen) atoms. The highest BCUT2D eigenvalue weighted by Gasteiger charge is 2.15. The Morgan fingerprint density at radius 3 is 1.48 bits per heavy atom. The van der Waals surface area contributed by atoms with Crippen molar-refractivity contribution in [2.24, 2.45) is 11.7 Å². The van der Waals surface area contributed by atoms with Crippen LogP contribution in [0.15, 0.2) is 72.2 Å². The highest BCUT2D eigenvalue weighted by atomic mass is 16.2. The molecule has 0 heterocycles. The molecular formula is C19H20N4O4. The standard InChI is InChI=1S/C19H20N4O4/c20-22(12-14-6-1-3-8-16(14)24)18(26)10-5-11-19(27)23(21)13-15-7-2-4-9-17(15)25/h1-4,6-9,12-13H,5,10-11,20-21H2. The molecule has 0 aromatic carbocycles. The average Bonchev–Trinajstić information content (AvgIpc) is 2.65. The highest BCUT2D eigenvalue weighted by molar-refractivity contribution is 6.08. The summed E-state index contributed by atoms with van der Waals surface area (Å²) >= 11 is 0. The maximum absolute atomic E-state index is 12.0. The Morgan fingerprint density at radius 2 is 1.11 bits per heavy atom. The lowest BCUT2D eigenvalue weighted by Crippen LogP contribution is -2.34. The summed E-state index contributed by atoms with van der Waals surface area (Å²) in [6.07, 6.45) is 15.1. The summed E-state index contributed by atoms with van der Waals surface area (Å²) in [4.78, 5) is 47.2. The van der Waals surface area contributed by atoms with Crippen molar-refractivity contribution in [3.8, 4) is 0 Å². The van der Waals surface area contributed by atoms with Gasteiger partial charge >= 0.3 is 0 Å². The SMILES string of the molecule is NN(C=C1C=CC=CC1=O)C(=O)CCCC(=O)N(N)C=C1C=CC=CC1=O. The van der Waals surface area contributed by atoms with Crippen LogP contribution in [0.25, 0.3) is 0 Å². The molecule has 0 aliphatic heterocycles. The van der Waals surface area contributed by atoms with Gasteiger partial charge in [0.05, 0.1) is 0 Å². The fourth-order valence-electron chi connectivity index (χ4n) is 2.27. The molecule has 0 spiro atoms. The molecule has 0 unspecified atom stereocenters. The molecule has 0 atom stereocenters. The van der Waals surface area contributed by atoms with Gasteiger partial charge < -0.3 is 0 Å². The van der Waals surface area contributed by atoms with Gasteiger partial charge in [-0.1, -0.05) is 24.3 Å². The summed E-state index contributed by atoms with van der Waals surface area (Å²) in [6.45, 7) is 0. The molecule has 2 amide bonds. The molecule has 0 aromatic rings. The molecular weight excluding hydrogens is 348 g/mol. The number of allylic oxidation sites excluding steroid dienone is 10. The third kappa shape index (κ3) is 5.84. The summed E-state index contributed by atoms with van der Waals surface area (Å²) < 4.78 is 0. The molecule has 2 rings (SSSR count). The minimum atomic E-state index is -0.441. The van der Waals surface area contributed by atoms with Crippen LogP contribution in [0, 0.1) is 0 Å². The van der Waals surface area contributed by atoms with E-state index >= 15 is 0 Å². The van der Waals surface area contributed by atoms with Crippen molar-refractivity contribution in [3.63, 3.8) is 0 Å². The Bertz CT molecular complexity index is 763. The van der Waals surface area contributed by atoms with Gasteiger partial charge in [-0.3, -0.25) is 29.2 Å². The topological polar surface area (TPSA) is 127 Å². The minimum absolute atomic E-state index is 0.00570. The molecule has 4 N–H and O–H groups in total. The van der Waals surface area contributed by atoms with Crippen LogP contribution in [-0.2, 0) is 19.2 Å². The number of hydrogen-bond donors (Lipinski definition) is 2. The molecule has 8 heteroatoms. The second-order valence-electron chi connectivity index (χ2n) is 5.79. The van der Waals surface area contributed by atoms with Gasteiger partial charge in [0.1, 0.15) is 0 Å². The quantitative estimate of drug-likeness (QED) is 0.308. The third-order valence-electron chi connectivity index (χ3n) is 3.75. The number of rotatable bonds is 6. The summed E-state index contributed by atoms with van der Waals surface area (Å²) in [5, 5.41) is 1.67. The number of hydrogen-bond acceptors (Lipinski definition) is 6. The molecule has 0 radical (unpaired) electrons. The molecule has 2 aliphatic rings. The van der Waals surface area contributed by atoms with E-state index in [1.54, 1.807) is 36.5 Å². The van der Waals surface area contributed by atoms with Gasteiger partial charge in [0.15, 0.2) is 11.6 Å². The lowest BCUT2D eigenvalue weighted by Gasteiger charge is -2.15. The molecule has 0 bridgehead atoms. The summed E-state index contributed by atoms with van der Waals surface area (Å²) in [5.74, 6) is 9.91. The summed E-state index contributed by atoms with van der Waals surface area (Å²) in [7, 11) is 0. The fraction of sp³-hybridized carbons (Fsp3) is 0.158. The number of amides is 2. The third-order valence-corrected chi connectivity index (χ3v) is 3.75. The predicted octanol–water partition coefficient (Wildman–Crippen LogP) is 0.719. The van der Waals surface area contributed by atoms with Crippen LogP contribution in [0.2, 0.25) is 0 Å². The zero-order valence-corrected chi connectivity index (χ0v) is 14.6. The van der Waals surface area contributed by atoms with Crippen LogP contribution in [0.5, 0.6) is 0 Å². The van der Waals surface area contributed by atoms with E-state index in [2.05, 4.69) is 0 Å². The van der Waals surface area contributed by atoms with Gasteiger partial charge in [-0.25, -0.2) is 11.7 Å². The van der Waals surface area contributed by atoms with Gasteiger partial charge in [0.25, 0.3) is 0 Å². The van der Waals surface area contributed by atoms with Crippen LogP contribution < -0.4 is 11.7 Å². The molecule has 0 saturated heterocycles. The first-order valence-corrected chi connectivity index (χ1v) is 8.24. The van der Waals surface area contributed by atoms with Crippen LogP contribution in [0.3, 0.4) is 0 Å². The zero-order valence-electron chi connectivity index (χ0n) is 14.6. The number of nitrogens with zero attached hydrogens (tertiary/aromatic N) is 2. The van der Waals surface area contributed by atoms with E-state index in [1.807, 2.05) is 0 Å². The Morgan fingerprint density at radius 1 is 0.741 bits per heavy atom. The average molecular weight is 368 g/mol. The van der Waals surface area contributed by atoms with Gasteiger partial charge in [0.2, 0.25) is 11.8 Å². The number of hydrazine groups is 2. The van der Waals surface area contributed by atoms with Crippen LogP contribution in [0.4, 0.5) is 0 Å². The number of nitrogens with two attached hydrogens (primary N) is 2. The lowest BCUT2D eigenvalue weighted by atomic mass is 10.1. The Hall–Kier alpha value is -3.36. The van der Waals surface area contributed by atoms with Gasteiger partial charge in [-0.2, -0.15) is 0 Å². The first kappa shape index (κ1) is 20.0. The smallest absolute Gasteiger partial charge is 0.240 e. The Kier molecular flexibility index (Phi) is 6.93. The van der Waals surface area contributed by atoms with Crippen LogP contribution in [-0.4, -0.2) is 33.4 Å². The molecule has 0 aromatic heterocycles. The highest BCUT2D eigenvalue weighted by Crippen LogP contribution is 2.10. The van der Waals surface area contributed by atoms with E-state index in [-0.39, 0.29) is 30.8 Å². The van der Waals surface area contributed by atoms with Gasteiger partial charge in [-0.05, 0) is 30.7 Å². The van der Waals surface area contributed by atoms with Gasteiger partial charge in [0, 0.05) is 36.4 Å². The predicted molar refractivity (Wildman–Crippen MR) is 98.7 cm³/mol. The Balaban J connectivity index is 1.81. The molecule has 0 fully saturated rings. The zero-order chi connectivity index (χ0) is 19.8. The number of ketones is 2. The Labute approximate surface area is 156 Å². The van der Waals surface area contributed by atoms with E-state index in [1.165, 1.54) is 24.6 Å². The number of carbonyl (C=O) groups is 4. The summed E-state index contributed by atoms with van der Waals surface area (Å²) in [6, 6.07) is 0. The lowest BCUT2D eigenvalue weighted by molar-refractivity contribution is -0.130. The van der Waals surface area contributed by atoms with Crippen molar-refractivity contribution >= 4 is 23.4 Å². The van der Waals surface area contributed by atoms with Crippen molar-refractivity contribution in [1.29, 1.82) is 0 Å². The van der Waals surface area contributed by atoms with Crippen molar-refractivity contribution in [2.75, 3.05) is 0 Å². The van der Waals surface area contributed by atoms with Crippen LogP contribution in [0.1, 0.15) is 19.3 Å². The van der Waals surface area contributed by atoms with Crippen molar-refractivity contribution in [2.45, 2.75) is 19.3 Å². The van der Waals surface area contributed by atoms with Crippen molar-refractivity contribution in [1.82, 2.24) is 10.0 Å². The second kappa shape index (κ2) is 9.37. The van der Waals surface area contributed by atoms with Crippen LogP contribution >= 0.6 is 0 Å². The normalized spacial score (nSPS) is 18.4. The van der Waals surface area contributed by atoms with Crippen molar-refractivity contribution < 1.29 is 19.2 Å². The first-order valence-electron chi connectivity index (χ1n) is 8.24. The first-order chi connectivity index (χ1) is 12.9. The van der Waals surface area contributed by atoms with Crippen molar-refractivity contribution in [3.05, 3.63) is 72.2 Å². The second-order valence-corrected chi connectivity index (χ2v) is 5.79. The van der Waals surface area contributed by atoms with E-state index in [9.17, 15) is 19.2 Å². The number of carbonyl (C=O) groups excluding carboxylic acids is 4. The van der Waals surface area contributed by atoms with E-state index < -0.39 is 11.8 Å². The molecule has 0 saturated carbocycles. The maximum atomic E-state index is 12.0. The maximum Gasteiger partial charge on any atom is 0.240 e. The molecule has 140 valence electrons. The van der Waals surface area contributed by atoms with Gasteiger partial charge in [-0.15, -0.1) is 0 Å². The monoisotopic (exact) mass is 368 g/mol. The van der Waals surface area contributed by atoms with E-state index in [0.717, 1.165) is 10.0 Å². The summed E-state index contributed by atoms with van der Waals surface area (Å²) in [5.41, 5.74) is 0.590.